The van der Waals surface area contributed by atoms with Crippen molar-refractivity contribution in [3.05, 3.63) is 65.4 Å². The van der Waals surface area contributed by atoms with E-state index in [1.54, 1.807) is 6.92 Å². The average Bonchev–Trinajstić information content (AvgIpc) is 2.96. The lowest BCUT2D eigenvalue weighted by Crippen LogP contribution is -2.26. The summed E-state index contributed by atoms with van der Waals surface area (Å²) < 4.78 is 64.0. The molecule has 0 amide bonds. The standard InChI is InChI=1S/C34H44F4O/c1-3-5-6-7-23-8-13-25(14-9-23)26-15-10-24(11-16-26)12-17-27-18-19-28(32(36)31(27)35)29-20-21-30(39-22-4-2)34(38)33(29)37/h4,18-26H,3,5-17H2,1-2H3/b22-4+. The number of aryl methyl sites for hydroxylation is 1. The smallest absolute Gasteiger partial charge is 0.201 e. The van der Waals surface area contributed by atoms with Gasteiger partial charge in [-0.2, -0.15) is 4.39 Å². The number of rotatable bonds is 11. The molecule has 39 heavy (non-hydrogen) atoms. The van der Waals surface area contributed by atoms with Crippen LogP contribution in [0.25, 0.3) is 11.1 Å². The molecule has 0 aromatic heterocycles. The van der Waals surface area contributed by atoms with Gasteiger partial charge in [0, 0.05) is 11.1 Å². The maximum absolute atomic E-state index is 15.0. The van der Waals surface area contributed by atoms with E-state index in [-0.39, 0.29) is 16.9 Å². The molecule has 0 N–H and O–H groups in total. The normalized spacial score (nSPS) is 23.8. The minimum Gasteiger partial charge on any atom is -0.462 e. The number of ether oxygens (including phenoxy) is 1. The third-order valence-electron chi connectivity index (χ3n) is 9.32. The first-order chi connectivity index (χ1) is 18.9. The van der Waals surface area contributed by atoms with Gasteiger partial charge in [-0.3, -0.25) is 0 Å². The van der Waals surface area contributed by atoms with Crippen LogP contribution in [-0.2, 0) is 6.42 Å². The van der Waals surface area contributed by atoms with Crippen LogP contribution in [0.2, 0.25) is 0 Å². The second kappa shape index (κ2) is 14.4. The first-order valence-corrected chi connectivity index (χ1v) is 15.2. The van der Waals surface area contributed by atoms with E-state index in [2.05, 4.69) is 6.92 Å². The zero-order chi connectivity index (χ0) is 27.8. The summed E-state index contributed by atoms with van der Waals surface area (Å²) in [5, 5.41) is 0. The zero-order valence-electron chi connectivity index (χ0n) is 23.6. The third kappa shape index (κ3) is 7.46. The van der Waals surface area contributed by atoms with E-state index in [0.717, 1.165) is 37.0 Å². The molecule has 2 aliphatic rings. The molecule has 0 heterocycles. The molecule has 0 radical (unpaired) electrons. The molecule has 0 bridgehead atoms. The minimum atomic E-state index is -1.26. The van der Waals surface area contributed by atoms with Crippen LogP contribution in [0.5, 0.6) is 5.75 Å². The van der Waals surface area contributed by atoms with Crippen LogP contribution < -0.4 is 4.74 Å². The first-order valence-electron chi connectivity index (χ1n) is 15.2. The Morgan fingerprint density at radius 3 is 1.85 bits per heavy atom. The Morgan fingerprint density at radius 2 is 1.26 bits per heavy atom. The van der Waals surface area contributed by atoms with E-state index in [1.807, 2.05) is 0 Å². The Bertz CT molecular complexity index is 1090. The second-order valence-corrected chi connectivity index (χ2v) is 11.8. The molecule has 1 nitrogen and oxygen atoms in total. The van der Waals surface area contributed by atoms with E-state index in [9.17, 15) is 17.6 Å². The lowest BCUT2D eigenvalue weighted by Gasteiger charge is -2.38. The van der Waals surface area contributed by atoms with Crippen molar-refractivity contribution in [1.82, 2.24) is 0 Å². The molecule has 2 aromatic carbocycles. The predicted molar refractivity (Wildman–Crippen MR) is 151 cm³/mol. The van der Waals surface area contributed by atoms with Gasteiger partial charge in [0.25, 0.3) is 0 Å². The highest BCUT2D eigenvalue weighted by Gasteiger charge is 2.31. The van der Waals surface area contributed by atoms with Gasteiger partial charge in [0.05, 0.1) is 6.26 Å². The van der Waals surface area contributed by atoms with Crippen molar-refractivity contribution in [2.24, 2.45) is 23.7 Å². The Morgan fingerprint density at radius 1 is 0.692 bits per heavy atom. The highest BCUT2D eigenvalue weighted by Crippen LogP contribution is 2.43. The largest absolute Gasteiger partial charge is 0.462 e. The zero-order valence-corrected chi connectivity index (χ0v) is 23.6. The summed E-state index contributed by atoms with van der Waals surface area (Å²) in [6.07, 6.45) is 19.9. The van der Waals surface area contributed by atoms with Crippen LogP contribution in [0.15, 0.2) is 36.6 Å². The van der Waals surface area contributed by atoms with Crippen molar-refractivity contribution in [2.75, 3.05) is 0 Å². The Hall–Kier alpha value is -2.30. The number of hydrogen-bond acceptors (Lipinski definition) is 1. The van der Waals surface area contributed by atoms with Crippen molar-refractivity contribution >= 4 is 0 Å². The van der Waals surface area contributed by atoms with E-state index in [0.29, 0.717) is 17.9 Å². The molecule has 2 aromatic rings. The summed E-state index contributed by atoms with van der Waals surface area (Å²) in [4.78, 5) is 0. The summed E-state index contributed by atoms with van der Waals surface area (Å²) in [5.74, 6) is -1.72. The van der Waals surface area contributed by atoms with Gasteiger partial charge >= 0.3 is 0 Å². The van der Waals surface area contributed by atoms with E-state index in [1.165, 1.54) is 101 Å². The quantitative estimate of drug-likeness (QED) is 0.155. The van der Waals surface area contributed by atoms with Crippen molar-refractivity contribution in [1.29, 1.82) is 0 Å². The van der Waals surface area contributed by atoms with Gasteiger partial charge in [0.1, 0.15) is 0 Å². The van der Waals surface area contributed by atoms with Gasteiger partial charge in [0.15, 0.2) is 23.2 Å². The molecule has 2 fully saturated rings. The fraction of sp³-hybridized carbons (Fsp3) is 0.588. The number of allylic oxidation sites excluding steroid dienone is 1. The molecule has 214 valence electrons. The van der Waals surface area contributed by atoms with E-state index >= 15 is 0 Å². The number of hydrogen-bond donors (Lipinski definition) is 0. The van der Waals surface area contributed by atoms with Crippen LogP contribution >= 0.6 is 0 Å². The third-order valence-corrected chi connectivity index (χ3v) is 9.32. The predicted octanol–water partition coefficient (Wildman–Crippen LogP) is 10.9. The van der Waals surface area contributed by atoms with Gasteiger partial charge in [-0.1, -0.05) is 76.5 Å². The van der Waals surface area contributed by atoms with Gasteiger partial charge in [0.2, 0.25) is 5.82 Å². The highest BCUT2D eigenvalue weighted by molar-refractivity contribution is 5.66. The minimum absolute atomic E-state index is 0.286. The molecule has 4 rings (SSSR count). The molecule has 0 spiro atoms. The Labute approximate surface area is 232 Å². The van der Waals surface area contributed by atoms with Crippen molar-refractivity contribution < 1.29 is 22.3 Å². The number of benzene rings is 2. The second-order valence-electron chi connectivity index (χ2n) is 11.8. The molecule has 0 unspecified atom stereocenters. The number of halogens is 4. The highest BCUT2D eigenvalue weighted by atomic mass is 19.2. The summed E-state index contributed by atoms with van der Waals surface area (Å²) in [5.41, 5.74) is -0.309. The summed E-state index contributed by atoms with van der Waals surface area (Å²) in [6, 6.07) is 5.30. The molecule has 0 aliphatic heterocycles. The lowest BCUT2D eigenvalue weighted by molar-refractivity contribution is 0.140. The molecule has 0 saturated heterocycles. The van der Waals surface area contributed by atoms with Crippen molar-refractivity contribution in [3.8, 4) is 16.9 Å². The maximum Gasteiger partial charge on any atom is 0.201 e. The monoisotopic (exact) mass is 544 g/mol. The summed E-state index contributed by atoms with van der Waals surface area (Å²) >= 11 is 0. The molecule has 2 saturated carbocycles. The van der Waals surface area contributed by atoms with Crippen LogP contribution in [0, 0.1) is 46.9 Å². The topological polar surface area (TPSA) is 9.23 Å². The summed E-state index contributed by atoms with van der Waals surface area (Å²) in [6.45, 7) is 3.95. The van der Waals surface area contributed by atoms with Gasteiger partial charge in [-0.25, -0.2) is 13.2 Å². The molecule has 0 atom stereocenters. The molecular weight excluding hydrogens is 500 g/mol. The van der Waals surface area contributed by atoms with Crippen molar-refractivity contribution in [2.45, 2.75) is 104 Å². The van der Waals surface area contributed by atoms with E-state index < -0.39 is 23.3 Å². The fourth-order valence-corrected chi connectivity index (χ4v) is 6.90. The van der Waals surface area contributed by atoms with Crippen LogP contribution in [0.4, 0.5) is 17.6 Å². The number of unbranched alkanes of at least 4 members (excludes halogenated alkanes) is 2. The molecular formula is C34H44F4O. The Kier molecular flexibility index (Phi) is 10.9. The van der Waals surface area contributed by atoms with Gasteiger partial charge < -0.3 is 4.74 Å². The first kappa shape index (κ1) is 29.7. The van der Waals surface area contributed by atoms with Crippen molar-refractivity contribution in [3.63, 3.8) is 0 Å². The molecule has 5 heteroatoms. The Balaban J connectivity index is 1.28. The van der Waals surface area contributed by atoms with Crippen LogP contribution in [0.1, 0.15) is 103 Å². The van der Waals surface area contributed by atoms with Crippen LogP contribution in [-0.4, -0.2) is 0 Å². The molecule has 2 aliphatic carbocycles. The average molecular weight is 545 g/mol. The SMILES string of the molecule is C/C=C/Oc1ccc(-c2ccc(CCC3CCC(C4CCC(CCCCC)CC4)CC3)c(F)c2F)c(F)c1F. The van der Waals surface area contributed by atoms with Crippen LogP contribution in [0.3, 0.4) is 0 Å². The van der Waals surface area contributed by atoms with Gasteiger partial charge in [-0.05, 0) is 86.8 Å². The summed E-state index contributed by atoms with van der Waals surface area (Å²) in [7, 11) is 0. The van der Waals surface area contributed by atoms with E-state index in [4.69, 9.17) is 4.74 Å². The fourth-order valence-electron chi connectivity index (χ4n) is 6.90. The maximum atomic E-state index is 15.0. The lowest BCUT2D eigenvalue weighted by atomic mass is 9.68. The van der Waals surface area contributed by atoms with Gasteiger partial charge in [-0.15, -0.1) is 0 Å².